The molecule has 2 unspecified atom stereocenters. The van der Waals surface area contributed by atoms with Crippen molar-refractivity contribution < 1.29 is 9.84 Å². The van der Waals surface area contributed by atoms with Gasteiger partial charge in [0.05, 0.1) is 25.4 Å². The highest BCUT2D eigenvalue weighted by atomic mass is 16.5. The van der Waals surface area contributed by atoms with Gasteiger partial charge < -0.3 is 15.2 Å². The Labute approximate surface area is 67.7 Å². The summed E-state index contributed by atoms with van der Waals surface area (Å²) in [7, 11) is 0. The Balaban J connectivity index is 2.19. The maximum atomic E-state index is 9.28. The number of hydrogen-bond donors (Lipinski definition) is 2. The Morgan fingerprint density at radius 1 is 1.64 bits per heavy atom. The number of ether oxygens (including phenoxy) is 1. The summed E-state index contributed by atoms with van der Waals surface area (Å²) in [6.45, 7) is 5.48. The third-order valence-corrected chi connectivity index (χ3v) is 2.11. The zero-order chi connectivity index (χ0) is 8.27. The molecule has 1 fully saturated rings. The van der Waals surface area contributed by atoms with Crippen LogP contribution >= 0.6 is 0 Å². The second-order valence-corrected chi connectivity index (χ2v) is 3.16. The lowest BCUT2D eigenvalue weighted by molar-refractivity contribution is -0.0185. The van der Waals surface area contributed by atoms with Gasteiger partial charge in [-0.1, -0.05) is 6.92 Å². The van der Waals surface area contributed by atoms with Gasteiger partial charge in [-0.3, -0.25) is 0 Å². The highest BCUT2D eigenvalue weighted by Crippen LogP contribution is 2.05. The van der Waals surface area contributed by atoms with Crippen molar-refractivity contribution in [3.63, 3.8) is 0 Å². The Bertz CT molecular complexity index is 113. The van der Waals surface area contributed by atoms with E-state index >= 15 is 0 Å². The van der Waals surface area contributed by atoms with E-state index < -0.39 is 0 Å². The van der Waals surface area contributed by atoms with Crippen LogP contribution in [0.1, 0.15) is 20.3 Å². The zero-order valence-corrected chi connectivity index (χ0v) is 7.21. The van der Waals surface area contributed by atoms with Crippen molar-refractivity contribution in [3.8, 4) is 0 Å². The number of rotatable bonds is 4. The molecule has 1 aliphatic rings. The molecular formula is C8H17NO2. The van der Waals surface area contributed by atoms with Crippen molar-refractivity contribution in [1.29, 1.82) is 0 Å². The van der Waals surface area contributed by atoms with Gasteiger partial charge >= 0.3 is 0 Å². The van der Waals surface area contributed by atoms with Crippen LogP contribution in [0.5, 0.6) is 0 Å². The van der Waals surface area contributed by atoms with Crippen LogP contribution in [0, 0.1) is 0 Å². The summed E-state index contributed by atoms with van der Waals surface area (Å²) < 4.78 is 5.02. The second-order valence-electron chi connectivity index (χ2n) is 3.16. The molecule has 0 aliphatic carbocycles. The molecule has 0 aromatic carbocycles. The highest BCUT2D eigenvalue weighted by molar-refractivity contribution is 4.80. The predicted molar refractivity (Wildman–Crippen MR) is 43.5 cm³/mol. The molecule has 1 saturated heterocycles. The third-order valence-electron chi connectivity index (χ3n) is 2.11. The van der Waals surface area contributed by atoms with E-state index in [1.165, 1.54) is 0 Å². The van der Waals surface area contributed by atoms with Crippen LogP contribution in [0.3, 0.4) is 0 Å². The first-order valence-corrected chi connectivity index (χ1v) is 4.26. The van der Waals surface area contributed by atoms with Gasteiger partial charge in [0, 0.05) is 6.04 Å². The molecule has 0 radical (unpaired) electrons. The van der Waals surface area contributed by atoms with Crippen molar-refractivity contribution in [2.75, 3.05) is 13.2 Å². The first-order valence-electron chi connectivity index (χ1n) is 4.26. The smallest absolute Gasteiger partial charge is 0.0665 e. The number of nitrogens with one attached hydrogen (secondary N) is 1. The minimum Gasteiger partial charge on any atom is -0.392 e. The van der Waals surface area contributed by atoms with E-state index in [4.69, 9.17) is 4.74 Å². The monoisotopic (exact) mass is 159 g/mol. The minimum absolute atomic E-state index is 0.226. The molecule has 11 heavy (non-hydrogen) atoms. The molecule has 2 N–H and O–H groups in total. The lowest BCUT2D eigenvalue weighted by Gasteiger charge is -2.32. The topological polar surface area (TPSA) is 41.5 Å². The van der Waals surface area contributed by atoms with Gasteiger partial charge in [-0.15, -0.1) is 0 Å². The van der Waals surface area contributed by atoms with E-state index in [1.54, 1.807) is 0 Å². The fourth-order valence-electron chi connectivity index (χ4n) is 1.23. The Hall–Kier alpha value is -0.120. The van der Waals surface area contributed by atoms with Gasteiger partial charge in [0.25, 0.3) is 0 Å². The lowest BCUT2D eigenvalue weighted by Crippen LogP contribution is -2.53. The molecule has 1 aliphatic heterocycles. The molecule has 0 amide bonds. The van der Waals surface area contributed by atoms with Gasteiger partial charge in [0.15, 0.2) is 0 Å². The molecule has 2 atom stereocenters. The lowest BCUT2D eigenvalue weighted by atomic mass is 10.1. The maximum Gasteiger partial charge on any atom is 0.0665 e. The zero-order valence-electron chi connectivity index (χ0n) is 7.21. The fraction of sp³-hybridized carbons (Fsp3) is 1.00. The molecule has 1 heterocycles. The normalized spacial score (nSPS) is 24.3. The van der Waals surface area contributed by atoms with Crippen molar-refractivity contribution in [2.24, 2.45) is 0 Å². The molecule has 3 heteroatoms. The van der Waals surface area contributed by atoms with Crippen LogP contribution < -0.4 is 5.32 Å². The van der Waals surface area contributed by atoms with Crippen LogP contribution in [0.4, 0.5) is 0 Å². The van der Waals surface area contributed by atoms with Gasteiger partial charge in [-0.05, 0) is 13.3 Å². The van der Waals surface area contributed by atoms with E-state index in [2.05, 4.69) is 12.2 Å². The summed E-state index contributed by atoms with van der Waals surface area (Å²) >= 11 is 0. The van der Waals surface area contributed by atoms with E-state index in [9.17, 15) is 5.11 Å². The average Bonchev–Trinajstić information content (AvgIpc) is 1.85. The fourth-order valence-corrected chi connectivity index (χ4v) is 1.23. The quantitative estimate of drug-likeness (QED) is 0.613. The molecule has 0 spiro atoms. The first-order chi connectivity index (χ1) is 5.24. The molecule has 1 rings (SSSR count). The number of hydrogen-bond acceptors (Lipinski definition) is 3. The summed E-state index contributed by atoms with van der Waals surface area (Å²) in [6, 6.07) is 0.693. The molecule has 0 bridgehead atoms. The number of aliphatic hydroxyl groups excluding tert-OH is 1. The first kappa shape index (κ1) is 8.97. The van der Waals surface area contributed by atoms with E-state index in [-0.39, 0.29) is 12.1 Å². The third kappa shape index (κ3) is 2.43. The summed E-state index contributed by atoms with van der Waals surface area (Å²) in [5.41, 5.74) is 0. The van der Waals surface area contributed by atoms with Crippen LogP contribution in [0.2, 0.25) is 0 Å². The SMILES string of the molecule is CCC(NC1COC1)C(C)O. The molecule has 66 valence electrons. The minimum atomic E-state index is -0.263. The van der Waals surface area contributed by atoms with Gasteiger partial charge in [0.2, 0.25) is 0 Å². The summed E-state index contributed by atoms with van der Waals surface area (Å²) in [6.07, 6.45) is 0.703. The molecular weight excluding hydrogens is 142 g/mol. The van der Waals surface area contributed by atoms with Crippen LogP contribution in [0.25, 0.3) is 0 Å². The van der Waals surface area contributed by atoms with Crippen molar-refractivity contribution in [3.05, 3.63) is 0 Å². The van der Waals surface area contributed by atoms with Gasteiger partial charge in [-0.2, -0.15) is 0 Å². The Kier molecular flexibility index (Phi) is 3.30. The van der Waals surface area contributed by atoms with Crippen molar-refractivity contribution >= 4 is 0 Å². The van der Waals surface area contributed by atoms with Crippen molar-refractivity contribution in [2.45, 2.75) is 38.5 Å². The molecule has 0 aromatic heterocycles. The standard InChI is InChI=1S/C8H17NO2/c1-3-8(6(2)10)9-7-4-11-5-7/h6-10H,3-5H2,1-2H3. The second kappa shape index (κ2) is 4.04. The van der Waals surface area contributed by atoms with Gasteiger partial charge in [0.1, 0.15) is 0 Å². The molecule has 3 nitrogen and oxygen atoms in total. The summed E-state index contributed by atoms with van der Waals surface area (Å²) in [4.78, 5) is 0. The van der Waals surface area contributed by atoms with Crippen LogP contribution in [-0.4, -0.2) is 36.5 Å². The molecule has 0 aromatic rings. The van der Waals surface area contributed by atoms with Crippen LogP contribution in [0.15, 0.2) is 0 Å². The Morgan fingerprint density at radius 3 is 2.55 bits per heavy atom. The Morgan fingerprint density at radius 2 is 2.27 bits per heavy atom. The van der Waals surface area contributed by atoms with Gasteiger partial charge in [-0.25, -0.2) is 0 Å². The summed E-state index contributed by atoms with van der Waals surface area (Å²) in [5.74, 6) is 0. The predicted octanol–water partition coefficient (Wildman–Crippen LogP) is 0.134. The number of aliphatic hydroxyl groups is 1. The van der Waals surface area contributed by atoms with E-state index in [0.29, 0.717) is 6.04 Å². The summed E-state index contributed by atoms with van der Waals surface area (Å²) in [5, 5.41) is 12.6. The van der Waals surface area contributed by atoms with Crippen molar-refractivity contribution in [1.82, 2.24) is 5.32 Å². The molecule has 0 saturated carbocycles. The largest absolute Gasteiger partial charge is 0.392 e. The van der Waals surface area contributed by atoms with E-state index in [0.717, 1.165) is 19.6 Å². The highest BCUT2D eigenvalue weighted by Gasteiger charge is 2.22. The van der Waals surface area contributed by atoms with Crippen LogP contribution in [-0.2, 0) is 4.74 Å². The van der Waals surface area contributed by atoms with E-state index in [1.807, 2.05) is 6.92 Å². The maximum absolute atomic E-state index is 9.28. The average molecular weight is 159 g/mol.